The van der Waals surface area contributed by atoms with Crippen LogP contribution in [0.25, 0.3) is 0 Å². The Hall–Kier alpha value is -2.24. The van der Waals surface area contributed by atoms with E-state index in [4.69, 9.17) is 4.74 Å². The third kappa shape index (κ3) is 6.65. The van der Waals surface area contributed by atoms with Crippen molar-refractivity contribution < 1.29 is 14.3 Å². The second-order valence-corrected chi connectivity index (χ2v) is 5.50. The SMILES string of the molecule is CCN(NC(=O)OC(C)(C)C)C(=O)NCc1ccccc1. The van der Waals surface area contributed by atoms with Gasteiger partial charge in [0.1, 0.15) is 5.60 Å². The number of nitrogens with one attached hydrogen (secondary N) is 2. The van der Waals surface area contributed by atoms with Crippen molar-refractivity contribution in [3.63, 3.8) is 0 Å². The fraction of sp³-hybridized carbons (Fsp3) is 0.467. The maximum Gasteiger partial charge on any atom is 0.426 e. The van der Waals surface area contributed by atoms with Gasteiger partial charge >= 0.3 is 12.1 Å². The van der Waals surface area contributed by atoms with Crippen LogP contribution in [0.1, 0.15) is 33.3 Å². The number of urea groups is 1. The van der Waals surface area contributed by atoms with Crippen LogP contribution >= 0.6 is 0 Å². The molecule has 0 bridgehead atoms. The van der Waals surface area contributed by atoms with E-state index in [0.717, 1.165) is 5.56 Å². The summed E-state index contributed by atoms with van der Waals surface area (Å²) in [5.74, 6) is 0. The molecule has 0 atom stereocenters. The fourth-order valence-corrected chi connectivity index (χ4v) is 1.55. The van der Waals surface area contributed by atoms with Crippen LogP contribution in [-0.4, -0.2) is 29.3 Å². The molecule has 0 aliphatic heterocycles. The average Bonchev–Trinajstić information content (AvgIpc) is 2.41. The van der Waals surface area contributed by atoms with Crippen molar-refractivity contribution in [3.05, 3.63) is 35.9 Å². The van der Waals surface area contributed by atoms with Crippen molar-refractivity contribution in [2.75, 3.05) is 6.54 Å². The zero-order valence-corrected chi connectivity index (χ0v) is 13.0. The summed E-state index contributed by atoms with van der Waals surface area (Å²) in [6.07, 6.45) is -0.654. The molecule has 0 aliphatic carbocycles. The van der Waals surface area contributed by atoms with Crippen molar-refractivity contribution in [2.24, 2.45) is 0 Å². The Labute approximate surface area is 125 Å². The van der Waals surface area contributed by atoms with Gasteiger partial charge < -0.3 is 10.1 Å². The number of carbonyl (C=O) groups excluding carboxylic acids is 2. The molecule has 0 radical (unpaired) electrons. The number of hydrogen-bond donors (Lipinski definition) is 2. The number of ether oxygens (including phenoxy) is 1. The molecule has 0 saturated heterocycles. The van der Waals surface area contributed by atoms with Crippen LogP contribution in [-0.2, 0) is 11.3 Å². The van der Waals surface area contributed by atoms with Crippen LogP contribution in [0.15, 0.2) is 30.3 Å². The maximum absolute atomic E-state index is 12.0. The monoisotopic (exact) mass is 293 g/mol. The van der Waals surface area contributed by atoms with Gasteiger partial charge in [0.2, 0.25) is 0 Å². The lowest BCUT2D eigenvalue weighted by Crippen LogP contribution is -2.51. The summed E-state index contributed by atoms with van der Waals surface area (Å²) < 4.78 is 5.11. The lowest BCUT2D eigenvalue weighted by molar-refractivity contribution is 0.0383. The quantitative estimate of drug-likeness (QED) is 0.842. The van der Waals surface area contributed by atoms with Gasteiger partial charge in [-0.25, -0.2) is 20.0 Å². The van der Waals surface area contributed by atoms with Gasteiger partial charge in [0, 0.05) is 13.1 Å². The van der Waals surface area contributed by atoms with Crippen molar-refractivity contribution in [2.45, 2.75) is 39.8 Å². The molecule has 0 fully saturated rings. The summed E-state index contributed by atoms with van der Waals surface area (Å²) in [7, 11) is 0. The Morgan fingerprint density at radius 1 is 1.19 bits per heavy atom. The molecule has 1 rings (SSSR count). The zero-order chi connectivity index (χ0) is 15.9. The van der Waals surface area contributed by atoms with Gasteiger partial charge in [0.15, 0.2) is 0 Å². The van der Waals surface area contributed by atoms with Crippen LogP contribution in [0, 0.1) is 0 Å². The van der Waals surface area contributed by atoms with E-state index in [-0.39, 0.29) is 6.03 Å². The highest BCUT2D eigenvalue weighted by atomic mass is 16.6. The fourth-order valence-electron chi connectivity index (χ4n) is 1.55. The van der Waals surface area contributed by atoms with Crippen LogP contribution < -0.4 is 10.7 Å². The van der Waals surface area contributed by atoms with Gasteiger partial charge in [-0.15, -0.1) is 0 Å². The third-order valence-corrected chi connectivity index (χ3v) is 2.47. The summed E-state index contributed by atoms with van der Waals surface area (Å²) in [5, 5.41) is 3.91. The van der Waals surface area contributed by atoms with Gasteiger partial charge in [-0.3, -0.25) is 0 Å². The molecule has 2 N–H and O–H groups in total. The predicted molar refractivity (Wildman–Crippen MR) is 80.4 cm³/mol. The molecule has 0 aromatic heterocycles. The molecule has 1 aromatic carbocycles. The molecule has 0 aliphatic rings. The highest BCUT2D eigenvalue weighted by molar-refractivity contribution is 5.77. The standard InChI is InChI=1S/C15H23N3O3/c1-5-18(17-14(20)21-15(2,3)4)13(19)16-11-12-9-7-6-8-10-12/h6-10H,5,11H2,1-4H3,(H,16,19)(H,17,20). The van der Waals surface area contributed by atoms with Gasteiger partial charge in [0.25, 0.3) is 0 Å². The molecule has 0 spiro atoms. The lowest BCUT2D eigenvalue weighted by Gasteiger charge is -2.25. The first-order valence-electron chi connectivity index (χ1n) is 6.90. The summed E-state index contributed by atoms with van der Waals surface area (Å²) in [6.45, 7) is 7.78. The normalized spacial score (nSPS) is 10.7. The Kier molecular flexibility index (Phi) is 6.02. The minimum Gasteiger partial charge on any atom is -0.443 e. The second-order valence-electron chi connectivity index (χ2n) is 5.50. The molecule has 21 heavy (non-hydrogen) atoms. The molecule has 6 heteroatoms. The van der Waals surface area contributed by atoms with Gasteiger partial charge in [-0.05, 0) is 33.3 Å². The smallest absolute Gasteiger partial charge is 0.426 e. The molecular formula is C15H23N3O3. The Morgan fingerprint density at radius 2 is 1.81 bits per heavy atom. The third-order valence-electron chi connectivity index (χ3n) is 2.47. The summed E-state index contributed by atoms with van der Waals surface area (Å²) >= 11 is 0. The first-order chi connectivity index (χ1) is 9.81. The molecular weight excluding hydrogens is 270 g/mol. The van der Waals surface area contributed by atoms with E-state index in [2.05, 4.69) is 10.7 Å². The van der Waals surface area contributed by atoms with Crippen molar-refractivity contribution in [3.8, 4) is 0 Å². The van der Waals surface area contributed by atoms with E-state index in [1.165, 1.54) is 5.01 Å². The molecule has 116 valence electrons. The molecule has 6 nitrogen and oxygen atoms in total. The van der Waals surface area contributed by atoms with Gasteiger partial charge in [-0.2, -0.15) is 0 Å². The molecule has 0 saturated carbocycles. The first-order valence-corrected chi connectivity index (χ1v) is 6.90. The Bertz CT molecular complexity index is 469. The lowest BCUT2D eigenvalue weighted by atomic mass is 10.2. The van der Waals surface area contributed by atoms with Crippen LogP contribution in [0.3, 0.4) is 0 Å². The highest BCUT2D eigenvalue weighted by Crippen LogP contribution is 2.06. The number of nitrogens with zero attached hydrogens (tertiary/aromatic N) is 1. The van der Waals surface area contributed by atoms with E-state index in [1.54, 1.807) is 27.7 Å². The second kappa shape index (κ2) is 7.52. The number of rotatable bonds is 3. The van der Waals surface area contributed by atoms with Crippen molar-refractivity contribution >= 4 is 12.1 Å². The number of benzene rings is 1. The summed E-state index contributed by atoms with van der Waals surface area (Å²) in [6, 6.07) is 9.16. The molecule has 3 amide bonds. The minimum absolute atomic E-state index is 0.333. The van der Waals surface area contributed by atoms with Gasteiger partial charge in [-0.1, -0.05) is 30.3 Å². The van der Waals surface area contributed by atoms with Crippen LogP contribution in [0.5, 0.6) is 0 Å². The average molecular weight is 293 g/mol. The molecule has 0 unspecified atom stereocenters. The number of carbonyl (C=O) groups is 2. The maximum atomic E-state index is 12.0. The number of amides is 3. The van der Waals surface area contributed by atoms with Crippen molar-refractivity contribution in [1.82, 2.24) is 15.8 Å². The van der Waals surface area contributed by atoms with Gasteiger partial charge in [0.05, 0.1) is 0 Å². The largest absolute Gasteiger partial charge is 0.443 e. The van der Waals surface area contributed by atoms with E-state index in [9.17, 15) is 9.59 Å². The zero-order valence-electron chi connectivity index (χ0n) is 13.0. The van der Waals surface area contributed by atoms with E-state index in [0.29, 0.717) is 13.1 Å². The van der Waals surface area contributed by atoms with Crippen molar-refractivity contribution in [1.29, 1.82) is 0 Å². The highest BCUT2D eigenvalue weighted by Gasteiger charge is 2.20. The predicted octanol–water partition coefficient (Wildman–Crippen LogP) is 2.66. The van der Waals surface area contributed by atoms with E-state index in [1.807, 2.05) is 30.3 Å². The van der Waals surface area contributed by atoms with E-state index >= 15 is 0 Å². The van der Waals surface area contributed by atoms with Crippen LogP contribution in [0.4, 0.5) is 9.59 Å². The minimum atomic E-state index is -0.654. The number of hydrazine groups is 1. The van der Waals surface area contributed by atoms with Crippen LogP contribution in [0.2, 0.25) is 0 Å². The summed E-state index contributed by atoms with van der Waals surface area (Å²) in [4.78, 5) is 23.6. The summed E-state index contributed by atoms with van der Waals surface area (Å²) in [5.41, 5.74) is 2.80. The first kappa shape index (κ1) is 16.8. The Balaban J connectivity index is 2.48. The molecule has 1 aromatic rings. The topological polar surface area (TPSA) is 70.7 Å². The van der Waals surface area contributed by atoms with E-state index < -0.39 is 11.7 Å². The molecule has 0 heterocycles. The Morgan fingerprint density at radius 3 is 2.33 bits per heavy atom. The number of hydrogen-bond acceptors (Lipinski definition) is 3.